The first-order valence-corrected chi connectivity index (χ1v) is 11.5. The summed E-state index contributed by atoms with van der Waals surface area (Å²) >= 11 is 1.04. The zero-order valence-corrected chi connectivity index (χ0v) is 19.8. The minimum atomic E-state index is -4.52. The number of hydrogen-bond acceptors (Lipinski definition) is 8. The number of anilines is 2. The summed E-state index contributed by atoms with van der Waals surface area (Å²) in [6.07, 6.45) is -1.68. The maximum absolute atomic E-state index is 13.3. The molecule has 0 bridgehead atoms. The number of thiazole rings is 1. The van der Waals surface area contributed by atoms with Crippen molar-refractivity contribution in [2.75, 3.05) is 17.8 Å². The summed E-state index contributed by atoms with van der Waals surface area (Å²) in [7, 11) is 1.82. The highest BCUT2D eigenvalue weighted by Crippen LogP contribution is 2.34. The summed E-state index contributed by atoms with van der Waals surface area (Å²) in [5, 5.41) is 7.54. The van der Waals surface area contributed by atoms with Gasteiger partial charge in [0.25, 0.3) is 11.8 Å². The van der Waals surface area contributed by atoms with Crippen LogP contribution in [0.15, 0.2) is 30.7 Å². The van der Waals surface area contributed by atoms with Gasteiger partial charge in [0.15, 0.2) is 0 Å². The van der Waals surface area contributed by atoms with Gasteiger partial charge in [-0.3, -0.25) is 9.59 Å². The number of nitrogens with one attached hydrogen (secondary N) is 3. The van der Waals surface area contributed by atoms with Crippen molar-refractivity contribution in [3.05, 3.63) is 63.0 Å². The first-order chi connectivity index (χ1) is 16.6. The zero-order valence-electron chi connectivity index (χ0n) is 19.0. The van der Waals surface area contributed by atoms with E-state index in [1.54, 1.807) is 18.9 Å². The lowest BCUT2D eigenvalue weighted by molar-refractivity contribution is -0.138. The second kappa shape index (κ2) is 9.58. The number of alkyl halides is 3. The second-order valence-corrected chi connectivity index (χ2v) is 9.01. The van der Waals surface area contributed by atoms with Crippen LogP contribution in [0.2, 0.25) is 0 Å². The van der Waals surface area contributed by atoms with Gasteiger partial charge in [-0.1, -0.05) is 13.0 Å². The smallest absolute Gasteiger partial charge is 0.342 e. The van der Waals surface area contributed by atoms with Crippen molar-refractivity contribution in [2.24, 2.45) is 0 Å². The fourth-order valence-corrected chi connectivity index (χ4v) is 4.47. The molecule has 3 N–H and O–H groups in total. The number of carbonyl (C=O) groups excluding carboxylic acids is 2. The lowest BCUT2D eigenvalue weighted by Crippen LogP contribution is -2.28. The highest BCUT2D eigenvalue weighted by molar-refractivity contribution is 7.13. The third-order valence-corrected chi connectivity index (χ3v) is 6.55. The molecular weight excluding hydrogens is 483 g/mol. The summed E-state index contributed by atoms with van der Waals surface area (Å²) in [6, 6.07) is 3.18. The molecule has 2 amide bonds. The van der Waals surface area contributed by atoms with Gasteiger partial charge in [0.2, 0.25) is 0 Å². The Morgan fingerprint density at radius 3 is 2.71 bits per heavy atom. The second-order valence-electron chi connectivity index (χ2n) is 7.95. The third kappa shape index (κ3) is 5.25. The van der Waals surface area contributed by atoms with Gasteiger partial charge in [-0.15, -0.1) is 11.3 Å². The standard InChI is InChI=1S/C22H22F3N7O2S/c1-4-12-5-6-13(7-15(12)22(23,24)25)30-19(33)16-8-26-21(35-16)11(2)29-20(34)17-14-9-32(3)31-18(14)28-10-27-17/h5-8,10-11H,4,9H2,1-3H3,(H,29,34)(H,30,33)(H,27,28,31). The van der Waals surface area contributed by atoms with Crippen molar-refractivity contribution in [2.45, 2.75) is 39.0 Å². The molecule has 0 saturated carbocycles. The maximum atomic E-state index is 13.3. The maximum Gasteiger partial charge on any atom is 0.416 e. The quantitative estimate of drug-likeness (QED) is 0.464. The van der Waals surface area contributed by atoms with Crippen molar-refractivity contribution < 1.29 is 22.8 Å². The van der Waals surface area contributed by atoms with E-state index in [4.69, 9.17) is 0 Å². The monoisotopic (exact) mass is 505 g/mol. The molecule has 1 unspecified atom stereocenters. The number of carbonyl (C=O) groups is 2. The van der Waals surface area contributed by atoms with Crippen molar-refractivity contribution in [3.63, 3.8) is 0 Å². The minimum Gasteiger partial charge on any atom is -0.342 e. The molecule has 1 aliphatic heterocycles. The number of halogens is 3. The van der Waals surface area contributed by atoms with E-state index in [2.05, 4.69) is 31.0 Å². The Labute approximate surface area is 202 Å². The number of aromatic nitrogens is 3. The molecule has 1 atom stereocenters. The summed E-state index contributed by atoms with van der Waals surface area (Å²) in [6.45, 7) is 3.81. The van der Waals surface area contributed by atoms with Crippen LogP contribution in [0.4, 0.5) is 24.7 Å². The number of amides is 2. The van der Waals surface area contributed by atoms with E-state index in [-0.39, 0.29) is 28.2 Å². The van der Waals surface area contributed by atoms with Gasteiger partial charge in [-0.25, -0.2) is 20.0 Å². The molecule has 3 aromatic rings. The van der Waals surface area contributed by atoms with Gasteiger partial charge in [-0.2, -0.15) is 13.2 Å². The molecule has 4 rings (SSSR count). The molecule has 0 spiro atoms. The zero-order chi connectivity index (χ0) is 25.3. The van der Waals surface area contributed by atoms with Crippen LogP contribution in [-0.2, 0) is 19.1 Å². The van der Waals surface area contributed by atoms with E-state index in [0.29, 0.717) is 22.9 Å². The van der Waals surface area contributed by atoms with Crippen LogP contribution in [-0.4, -0.2) is 38.8 Å². The summed E-state index contributed by atoms with van der Waals surface area (Å²) in [4.78, 5) is 38.0. The van der Waals surface area contributed by atoms with Crippen molar-refractivity contribution in [1.82, 2.24) is 25.3 Å². The van der Waals surface area contributed by atoms with E-state index in [1.165, 1.54) is 24.7 Å². The van der Waals surface area contributed by atoms with Crippen LogP contribution in [0.5, 0.6) is 0 Å². The van der Waals surface area contributed by atoms with Gasteiger partial charge in [0.05, 0.1) is 17.8 Å². The first-order valence-electron chi connectivity index (χ1n) is 10.7. The molecule has 0 fully saturated rings. The van der Waals surface area contributed by atoms with Gasteiger partial charge < -0.3 is 16.1 Å². The predicted molar refractivity (Wildman–Crippen MR) is 124 cm³/mol. The number of hydrazine groups is 1. The van der Waals surface area contributed by atoms with E-state index >= 15 is 0 Å². The van der Waals surface area contributed by atoms with Crippen LogP contribution >= 0.6 is 11.3 Å². The molecule has 1 aromatic carbocycles. The Morgan fingerprint density at radius 2 is 2.00 bits per heavy atom. The minimum absolute atomic E-state index is 0.0343. The van der Waals surface area contributed by atoms with Gasteiger partial charge in [0.1, 0.15) is 27.7 Å². The largest absolute Gasteiger partial charge is 0.416 e. The van der Waals surface area contributed by atoms with Crippen LogP contribution < -0.4 is 16.1 Å². The van der Waals surface area contributed by atoms with E-state index in [9.17, 15) is 22.8 Å². The van der Waals surface area contributed by atoms with Crippen molar-refractivity contribution in [3.8, 4) is 0 Å². The lowest BCUT2D eigenvalue weighted by Gasteiger charge is -2.14. The molecule has 9 nitrogen and oxygen atoms in total. The van der Waals surface area contributed by atoms with Gasteiger partial charge in [-0.05, 0) is 31.0 Å². The number of hydrogen-bond donors (Lipinski definition) is 3. The number of fused-ring (bicyclic) bond motifs is 1. The molecule has 1 aliphatic rings. The summed E-state index contributed by atoms with van der Waals surface area (Å²) in [5.74, 6) is -0.438. The fourth-order valence-electron chi connectivity index (χ4n) is 3.65. The van der Waals surface area contributed by atoms with Crippen molar-refractivity contribution >= 4 is 34.7 Å². The van der Waals surface area contributed by atoms with Gasteiger partial charge in [0, 0.05) is 24.8 Å². The predicted octanol–water partition coefficient (Wildman–Crippen LogP) is 4.03. The normalized spacial score (nSPS) is 14.2. The number of benzene rings is 1. The van der Waals surface area contributed by atoms with E-state index in [1.807, 2.05) is 7.05 Å². The van der Waals surface area contributed by atoms with Gasteiger partial charge >= 0.3 is 6.18 Å². The Bertz CT molecular complexity index is 1280. The first kappa shape index (κ1) is 24.5. The Balaban J connectivity index is 1.44. The van der Waals surface area contributed by atoms with Crippen LogP contribution in [0, 0.1) is 0 Å². The molecule has 184 valence electrons. The van der Waals surface area contributed by atoms with Crippen LogP contribution in [0.1, 0.15) is 61.7 Å². The third-order valence-electron chi connectivity index (χ3n) is 5.37. The number of nitrogens with zero attached hydrogens (tertiary/aromatic N) is 4. The average Bonchev–Trinajstić information content (AvgIpc) is 3.44. The SMILES string of the molecule is CCc1ccc(NC(=O)c2cnc(C(C)NC(=O)c3ncnc4c3CN(C)N4)s2)cc1C(F)(F)F. The highest BCUT2D eigenvalue weighted by atomic mass is 32.1. The number of aryl methyl sites for hydroxylation is 1. The van der Waals surface area contributed by atoms with Crippen molar-refractivity contribution in [1.29, 1.82) is 0 Å². The molecule has 3 heterocycles. The molecule has 0 saturated heterocycles. The van der Waals surface area contributed by atoms with E-state index < -0.39 is 29.6 Å². The number of rotatable bonds is 6. The van der Waals surface area contributed by atoms with E-state index in [0.717, 1.165) is 17.4 Å². The lowest BCUT2D eigenvalue weighted by atomic mass is 10.0. The fraction of sp³-hybridized carbons (Fsp3) is 0.318. The Kier molecular flexibility index (Phi) is 6.72. The van der Waals surface area contributed by atoms with Crippen LogP contribution in [0.3, 0.4) is 0 Å². The molecular formula is C22H22F3N7O2S. The topological polar surface area (TPSA) is 112 Å². The molecule has 13 heteroatoms. The molecule has 2 aromatic heterocycles. The summed E-state index contributed by atoms with van der Waals surface area (Å²) in [5.41, 5.74) is 3.33. The molecule has 0 radical (unpaired) electrons. The van der Waals surface area contributed by atoms with Crippen LogP contribution in [0.25, 0.3) is 0 Å². The highest BCUT2D eigenvalue weighted by Gasteiger charge is 2.33. The summed E-state index contributed by atoms with van der Waals surface area (Å²) < 4.78 is 40.0. The Hall–Kier alpha value is -3.58. The average molecular weight is 506 g/mol. The molecule has 35 heavy (non-hydrogen) atoms. The molecule has 0 aliphatic carbocycles. The Morgan fingerprint density at radius 1 is 1.23 bits per heavy atom.